The molecule has 2 aromatic heterocycles. The van der Waals surface area contributed by atoms with E-state index in [-0.39, 0.29) is 17.8 Å². The zero-order valence-electron chi connectivity index (χ0n) is 14.9. The third-order valence-electron chi connectivity index (χ3n) is 5.41. The number of aryl methyl sites for hydroxylation is 1. The van der Waals surface area contributed by atoms with Crippen LogP contribution in [0.25, 0.3) is 0 Å². The topological polar surface area (TPSA) is 101 Å². The predicted octanol–water partition coefficient (Wildman–Crippen LogP) is 0.370. The van der Waals surface area contributed by atoms with Gasteiger partial charge in [-0.1, -0.05) is 0 Å². The molecule has 26 heavy (non-hydrogen) atoms. The van der Waals surface area contributed by atoms with E-state index in [1.807, 2.05) is 20.0 Å². The number of hydrogen-bond acceptors (Lipinski definition) is 6. The Morgan fingerprint density at radius 2 is 2.19 bits per heavy atom. The summed E-state index contributed by atoms with van der Waals surface area (Å²) in [6, 6.07) is 4.90. The Kier molecular flexibility index (Phi) is 3.96. The van der Waals surface area contributed by atoms with Gasteiger partial charge in [0, 0.05) is 19.2 Å². The minimum absolute atomic E-state index is 0.0978. The first-order chi connectivity index (χ1) is 12.4. The fraction of sp³-hybridized carbons (Fsp3) is 0.500. The first kappa shape index (κ1) is 17.0. The van der Waals surface area contributed by atoms with Gasteiger partial charge in [0.05, 0.1) is 18.2 Å². The maximum absolute atomic E-state index is 12.5. The SMILES string of the molecule is Cc1ccc(CNC(=O)c2cc(=O)n3c(n2)C2(CC(O)C2)N(C)CC3)o1. The zero-order valence-corrected chi connectivity index (χ0v) is 14.9. The molecule has 0 atom stereocenters. The molecule has 4 rings (SSSR count). The van der Waals surface area contributed by atoms with Crippen molar-refractivity contribution in [2.45, 2.75) is 44.5 Å². The van der Waals surface area contributed by atoms with Gasteiger partial charge in [-0.25, -0.2) is 4.98 Å². The van der Waals surface area contributed by atoms with Crippen LogP contribution < -0.4 is 10.9 Å². The summed E-state index contributed by atoms with van der Waals surface area (Å²) in [5, 5.41) is 12.6. The number of aliphatic hydroxyl groups is 1. The number of furan rings is 1. The number of carbonyl (C=O) groups excluding carboxylic acids is 1. The summed E-state index contributed by atoms with van der Waals surface area (Å²) in [4.78, 5) is 31.7. The zero-order chi connectivity index (χ0) is 18.5. The molecule has 1 fully saturated rings. The number of aliphatic hydroxyl groups excluding tert-OH is 1. The minimum Gasteiger partial charge on any atom is -0.465 e. The number of hydrogen-bond donors (Lipinski definition) is 2. The first-order valence-electron chi connectivity index (χ1n) is 8.74. The molecule has 1 aliphatic carbocycles. The number of nitrogens with one attached hydrogen (secondary N) is 1. The van der Waals surface area contributed by atoms with E-state index in [1.165, 1.54) is 6.07 Å². The lowest BCUT2D eigenvalue weighted by Crippen LogP contribution is -2.61. The van der Waals surface area contributed by atoms with Gasteiger partial charge in [-0.15, -0.1) is 0 Å². The number of nitrogens with zero attached hydrogens (tertiary/aromatic N) is 3. The van der Waals surface area contributed by atoms with Gasteiger partial charge < -0.3 is 14.8 Å². The second-order valence-electron chi connectivity index (χ2n) is 7.17. The largest absolute Gasteiger partial charge is 0.465 e. The predicted molar refractivity (Wildman–Crippen MR) is 92.7 cm³/mol. The molecule has 0 radical (unpaired) electrons. The Balaban J connectivity index is 1.62. The van der Waals surface area contributed by atoms with Gasteiger partial charge in [0.15, 0.2) is 0 Å². The van der Waals surface area contributed by atoms with Crippen molar-refractivity contribution >= 4 is 5.91 Å². The van der Waals surface area contributed by atoms with Crippen LogP contribution in [-0.4, -0.2) is 45.2 Å². The summed E-state index contributed by atoms with van der Waals surface area (Å²) in [7, 11) is 1.97. The second-order valence-corrected chi connectivity index (χ2v) is 7.17. The lowest BCUT2D eigenvalue weighted by Gasteiger charge is -2.53. The molecule has 3 heterocycles. The summed E-state index contributed by atoms with van der Waals surface area (Å²) < 4.78 is 7.06. The average Bonchev–Trinajstić information content (AvgIpc) is 2.99. The molecule has 1 aliphatic heterocycles. The van der Waals surface area contributed by atoms with Crippen molar-refractivity contribution < 1.29 is 14.3 Å². The van der Waals surface area contributed by atoms with Crippen LogP contribution in [0.3, 0.4) is 0 Å². The van der Waals surface area contributed by atoms with Gasteiger partial charge >= 0.3 is 0 Å². The molecule has 0 aromatic carbocycles. The highest BCUT2D eigenvalue weighted by molar-refractivity contribution is 5.92. The van der Waals surface area contributed by atoms with E-state index in [0.717, 1.165) is 5.76 Å². The van der Waals surface area contributed by atoms with E-state index >= 15 is 0 Å². The summed E-state index contributed by atoms with van der Waals surface area (Å²) in [6.45, 7) is 3.31. The van der Waals surface area contributed by atoms with Crippen LogP contribution in [0.2, 0.25) is 0 Å². The van der Waals surface area contributed by atoms with Crippen molar-refractivity contribution in [3.63, 3.8) is 0 Å². The molecule has 1 saturated carbocycles. The van der Waals surface area contributed by atoms with E-state index in [4.69, 9.17) is 4.42 Å². The van der Waals surface area contributed by atoms with E-state index in [0.29, 0.717) is 37.5 Å². The van der Waals surface area contributed by atoms with Gasteiger partial charge in [0.1, 0.15) is 23.0 Å². The molecule has 2 aliphatic rings. The molecular formula is C18H22N4O4. The molecule has 1 amide bonds. The van der Waals surface area contributed by atoms with Crippen LogP contribution in [0, 0.1) is 6.92 Å². The summed E-state index contributed by atoms with van der Waals surface area (Å²) in [6.07, 6.45) is 0.639. The summed E-state index contributed by atoms with van der Waals surface area (Å²) >= 11 is 0. The van der Waals surface area contributed by atoms with Crippen LogP contribution in [0.4, 0.5) is 0 Å². The normalized spacial score (nSPS) is 25.0. The highest BCUT2D eigenvalue weighted by Gasteiger charge is 2.52. The van der Waals surface area contributed by atoms with Gasteiger partial charge in [-0.2, -0.15) is 0 Å². The first-order valence-corrected chi connectivity index (χ1v) is 8.74. The molecule has 8 nitrogen and oxygen atoms in total. The van der Waals surface area contributed by atoms with Gasteiger partial charge in [0.25, 0.3) is 11.5 Å². The van der Waals surface area contributed by atoms with E-state index < -0.39 is 17.6 Å². The van der Waals surface area contributed by atoms with Crippen LogP contribution >= 0.6 is 0 Å². The molecule has 1 spiro atoms. The lowest BCUT2D eigenvalue weighted by molar-refractivity contribution is -0.0876. The molecule has 2 N–H and O–H groups in total. The minimum atomic E-state index is -0.467. The Bertz CT molecular complexity index is 910. The number of carbonyl (C=O) groups is 1. The van der Waals surface area contributed by atoms with E-state index in [1.54, 1.807) is 10.6 Å². The van der Waals surface area contributed by atoms with Crippen LogP contribution in [-0.2, 0) is 18.6 Å². The maximum Gasteiger partial charge on any atom is 0.270 e. The highest BCUT2D eigenvalue weighted by atomic mass is 16.3. The average molecular weight is 358 g/mol. The van der Waals surface area contributed by atoms with Crippen LogP contribution in [0.5, 0.6) is 0 Å². The maximum atomic E-state index is 12.5. The summed E-state index contributed by atoms with van der Waals surface area (Å²) in [5.74, 6) is 1.57. The molecule has 2 aromatic rings. The molecule has 0 bridgehead atoms. The van der Waals surface area contributed by atoms with Gasteiger partial charge in [0.2, 0.25) is 0 Å². The quantitative estimate of drug-likeness (QED) is 0.822. The second kappa shape index (κ2) is 6.07. The van der Waals surface area contributed by atoms with Crippen LogP contribution in [0.15, 0.2) is 27.4 Å². The Morgan fingerprint density at radius 1 is 1.42 bits per heavy atom. The van der Waals surface area contributed by atoms with Crippen molar-refractivity contribution in [3.8, 4) is 0 Å². The molecular weight excluding hydrogens is 336 g/mol. The third-order valence-corrected chi connectivity index (χ3v) is 5.41. The number of likely N-dealkylation sites (N-methyl/N-ethyl adjacent to an activating group) is 1. The Morgan fingerprint density at radius 3 is 2.85 bits per heavy atom. The molecule has 8 heteroatoms. The molecule has 138 valence electrons. The number of fused-ring (bicyclic) bond motifs is 2. The Hall–Kier alpha value is -2.45. The van der Waals surface area contributed by atoms with Crippen molar-refractivity contribution in [2.75, 3.05) is 13.6 Å². The van der Waals surface area contributed by atoms with Crippen LogP contribution in [0.1, 0.15) is 40.7 Å². The molecule has 0 saturated heterocycles. The lowest BCUT2D eigenvalue weighted by atomic mass is 9.71. The van der Waals surface area contributed by atoms with Crippen molar-refractivity contribution in [1.82, 2.24) is 19.8 Å². The number of aromatic nitrogens is 2. The van der Waals surface area contributed by atoms with Crippen molar-refractivity contribution in [3.05, 3.63) is 51.6 Å². The van der Waals surface area contributed by atoms with Crippen molar-refractivity contribution in [2.24, 2.45) is 0 Å². The van der Waals surface area contributed by atoms with Gasteiger partial charge in [-0.05, 0) is 38.9 Å². The van der Waals surface area contributed by atoms with E-state index in [9.17, 15) is 14.7 Å². The monoisotopic (exact) mass is 358 g/mol. The van der Waals surface area contributed by atoms with Crippen molar-refractivity contribution in [1.29, 1.82) is 0 Å². The standard InChI is InChI=1S/C18H22N4O4/c1-11-3-4-13(26-11)10-19-16(25)14-7-15(24)22-6-5-21(2)18(17(22)20-14)8-12(23)9-18/h3-4,7,12,23H,5-6,8-10H2,1-2H3,(H,19,25). The third kappa shape index (κ3) is 2.65. The number of rotatable bonds is 3. The van der Waals surface area contributed by atoms with Gasteiger partial charge in [-0.3, -0.25) is 19.1 Å². The number of amides is 1. The smallest absolute Gasteiger partial charge is 0.270 e. The fourth-order valence-corrected chi connectivity index (χ4v) is 3.88. The Labute approximate surface area is 150 Å². The fourth-order valence-electron chi connectivity index (χ4n) is 3.88. The summed E-state index contributed by atoms with van der Waals surface area (Å²) in [5.41, 5.74) is -0.603. The van der Waals surface area contributed by atoms with E-state index in [2.05, 4.69) is 15.2 Å². The molecule has 0 unspecified atom stereocenters. The highest BCUT2D eigenvalue weighted by Crippen LogP contribution is 2.46.